The number of anilines is 1. The van der Waals surface area contributed by atoms with Gasteiger partial charge in [-0.2, -0.15) is 13.2 Å². The zero-order chi connectivity index (χ0) is 27.2. The number of urea groups is 1. The largest absolute Gasteiger partial charge is 0.418 e. The van der Waals surface area contributed by atoms with Gasteiger partial charge in [0.2, 0.25) is 5.91 Å². The van der Waals surface area contributed by atoms with Gasteiger partial charge in [0.25, 0.3) is 0 Å². The maximum atomic E-state index is 13.4. The van der Waals surface area contributed by atoms with Crippen LogP contribution in [0.3, 0.4) is 0 Å². The molecule has 0 saturated heterocycles. The van der Waals surface area contributed by atoms with Crippen LogP contribution in [0.2, 0.25) is 0 Å². The van der Waals surface area contributed by atoms with Gasteiger partial charge in [0.15, 0.2) is 0 Å². The Labute approximate surface area is 215 Å². The standard InChI is InChI=1S/C26H35F3N6O2/c1-25(2,3)33-24(37)35-13-10-19-18(16-35)7-5-9-21(19)32-15-23(36)34(14-12-30-4)17-22-20(26(27,28)29)8-6-11-31-22/h5-9,11,30,32H,10,12-17H2,1-4H3,(H,33,37). The van der Waals surface area contributed by atoms with Crippen molar-refractivity contribution in [3.05, 3.63) is 58.9 Å². The number of nitrogens with one attached hydrogen (secondary N) is 3. The molecule has 1 aromatic carbocycles. The molecule has 3 N–H and O–H groups in total. The fraction of sp³-hybridized carbons (Fsp3) is 0.500. The highest BCUT2D eigenvalue weighted by atomic mass is 19.4. The fourth-order valence-corrected chi connectivity index (χ4v) is 4.17. The molecule has 0 fully saturated rings. The van der Waals surface area contributed by atoms with Crippen molar-refractivity contribution in [1.82, 2.24) is 25.4 Å². The summed E-state index contributed by atoms with van der Waals surface area (Å²) in [7, 11) is 1.71. The molecule has 0 atom stereocenters. The van der Waals surface area contributed by atoms with Crippen molar-refractivity contribution >= 4 is 17.6 Å². The van der Waals surface area contributed by atoms with Gasteiger partial charge in [-0.3, -0.25) is 9.78 Å². The van der Waals surface area contributed by atoms with Crippen LogP contribution in [-0.2, 0) is 30.5 Å². The molecule has 2 heterocycles. The van der Waals surface area contributed by atoms with Gasteiger partial charge in [-0.25, -0.2) is 4.79 Å². The molecule has 1 aliphatic rings. The molecular formula is C26H35F3N6O2. The normalized spacial score (nSPS) is 13.6. The van der Waals surface area contributed by atoms with E-state index >= 15 is 0 Å². The third kappa shape index (κ3) is 7.82. The topological polar surface area (TPSA) is 89.6 Å². The van der Waals surface area contributed by atoms with Crippen LogP contribution in [0.25, 0.3) is 0 Å². The van der Waals surface area contributed by atoms with Crippen molar-refractivity contribution in [3.8, 4) is 0 Å². The third-order valence-electron chi connectivity index (χ3n) is 5.99. The molecule has 202 valence electrons. The summed E-state index contributed by atoms with van der Waals surface area (Å²) < 4.78 is 40.3. The van der Waals surface area contributed by atoms with Crippen LogP contribution in [0.1, 0.15) is 43.2 Å². The van der Waals surface area contributed by atoms with E-state index in [9.17, 15) is 22.8 Å². The van der Waals surface area contributed by atoms with E-state index in [2.05, 4.69) is 20.9 Å². The molecule has 8 nitrogen and oxygen atoms in total. The molecule has 1 aromatic heterocycles. The Morgan fingerprint density at radius 3 is 2.57 bits per heavy atom. The van der Waals surface area contributed by atoms with Gasteiger partial charge in [0.05, 0.1) is 24.3 Å². The number of carbonyl (C=O) groups is 2. The average Bonchev–Trinajstić information content (AvgIpc) is 2.83. The van der Waals surface area contributed by atoms with E-state index in [1.807, 2.05) is 39.0 Å². The molecule has 37 heavy (non-hydrogen) atoms. The molecule has 0 bridgehead atoms. The van der Waals surface area contributed by atoms with E-state index in [-0.39, 0.29) is 42.8 Å². The molecule has 2 aromatic rings. The van der Waals surface area contributed by atoms with Gasteiger partial charge in [0, 0.05) is 43.6 Å². The molecule has 0 aliphatic carbocycles. The number of amides is 3. The summed E-state index contributed by atoms with van der Waals surface area (Å²) in [6, 6.07) is 7.77. The lowest BCUT2D eigenvalue weighted by atomic mass is 9.97. The number of pyridine rings is 1. The van der Waals surface area contributed by atoms with Crippen LogP contribution in [0, 0.1) is 0 Å². The average molecular weight is 521 g/mol. The van der Waals surface area contributed by atoms with E-state index in [4.69, 9.17) is 0 Å². The maximum absolute atomic E-state index is 13.4. The van der Waals surface area contributed by atoms with E-state index in [1.165, 1.54) is 17.2 Å². The second-order valence-corrected chi connectivity index (χ2v) is 10.1. The molecule has 0 radical (unpaired) electrons. The number of nitrogens with zero attached hydrogens (tertiary/aromatic N) is 3. The SMILES string of the molecule is CNCCN(Cc1ncccc1C(F)(F)F)C(=O)CNc1cccc2c1CCN(C(=O)NC(C)(C)C)C2. The molecule has 0 unspecified atom stereocenters. The lowest BCUT2D eigenvalue weighted by Crippen LogP contribution is -2.49. The van der Waals surface area contributed by atoms with Gasteiger partial charge >= 0.3 is 12.2 Å². The highest BCUT2D eigenvalue weighted by molar-refractivity contribution is 5.81. The van der Waals surface area contributed by atoms with Gasteiger partial charge in [-0.1, -0.05) is 12.1 Å². The first-order chi connectivity index (χ1) is 17.4. The predicted octanol–water partition coefficient (Wildman–Crippen LogP) is 3.63. The first-order valence-corrected chi connectivity index (χ1v) is 12.2. The summed E-state index contributed by atoms with van der Waals surface area (Å²) in [6.45, 7) is 7.11. The molecule has 11 heteroatoms. The summed E-state index contributed by atoms with van der Waals surface area (Å²) in [5.74, 6) is -0.339. The van der Waals surface area contributed by atoms with Crippen LogP contribution in [0.15, 0.2) is 36.5 Å². The van der Waals surface area contributed by atoms with Gasteiger partial charge in [-0.05, 0) is 63.6 Å². The predicted molar refractivity (Wildman–Crippen MR) is 136 cm³/mol. The molecular weight excluding hydrogens is 485 g/mol. The quantitative estimate of drug-likeness (QED) is 0.495. The van der Waals surface area contributed by atoms with Crippen LogP contribution in [0.4, 0.5) is 23.7 Å². The minimum Gasteiger partial charge on any atom is -0.376 e. The first-order valence-electron chi connectivity index (χ1n) is 12.2. The summed E-state index contributed by atoms with van der Waals surface area (Å²) in [5, 5.41) is 9.08. The van der Waals surface area contributed by atoms with Crippen molar-refractivity contribution < 1.29 is 22.8 Å². The third-order valence-corrected chi connectivity index (χ3v) is 5.99. The van der Waals surface area contributed by atoms with Crippen LogP contribution in [0.5, 0.6) is 0 Å². The summed E-state index contributed by atoms with van der Waals surface area (Å²) in [5.41, 5.74) is 1.43. The summed E-state index contributed by atoms with van der Waals surface area (Å²) in [4.78, 5) is 32.7. The number of rotatable bonds is 8. The van der Waals surface area contributed by atoms with E-state index in [1.54, 1.807) is 11.9 Å². The molecule has 1 aliphatic heterocycles. The minimum atomic E-state index is -4.56. The van der Waals surface area contributed by atoms with Gasteiger partial charge in [0.1, 0.15) is 0 Å². The lowest BCUT2D eigenvalue weighted by molar-refractivity contribution is -0.140. The Balaban J connectivity index is 1.70. The highest BCUT2D eigenvalue weighted by Crippen LogP contribution is 2.31. The first kappa shape index (κ1) is 28.2. The van der Waals surface area contributed by atoms with Crippen molar-refractivity contribution in [2.75, 3.05) is 38.5 Å². The Kier molecular flexibility index (Phi) is 9.01. The molecule has 0 spiro atoms. The second kappa shape index (κ2) is 11.8. The zero-order valence-corrected chi connectivity index (χ0v) is 21.7. The number of benzene rings is 1. The van der Waals surface area contributed by atoms with Crippen LogP contribution >= 0.6 is 0 Å². The number of carbonyl (C=O) groups excluding carboxylic acids is 2. The van der Waals surface area contributed by atoms with Crippen molar-refractivity contribution in [1.29, 1.82) is 0 Å². The zero-order valence-electron chi connectivity index (χ0n) is 21.7. The van der Waals surface area contributed by atoms with Gasteiger partial charge in [-0.15, -0.1) is 0 Å². The number of likely N-dealkylation sites (N-methyl/N-ethyl adjacent to an activating group) is 1. The lowest BCUT2D eigenvalue weighted by Gasteiger charge is -2.33. The Morgan fingerprint density at radius 2 is 1.89 bits per heavy atom. The number of hydrogen-bond acceptors (Lipinski definition) is 5. The number of alkyl halides is 3. The Morgan fingerprint density at radius 1 is 1.14 bits per heavy atom. The van der Waals surface area contributed by atoms with E-state index < -0.39 is 11.7 Å². The smallest absolute Gasteiger partial charge is 0.376 e. The monoisotopic (exact) mass is 520 g/mol. The van der Waals surface area contributed by atoms with Crippen molar-refractivity contribution in [3.63, 3.8) is 0 Å². The van der Waals surface area contributed by atoms with E-state index in [0.717, 1.165) is 22.9 Å². The maximum Gasteiger partial charge on any atom is 0.418 e. The number of aromatic nitrogens is 1. The van der Waals surface area contributed by atoms with Crippen molar-refractivity contribution in [2.24, 2.45) is 0 Å². The number of hydrogen-bond donors (Lipinski definition) is 3. The summed E-state index contributed by atoms with van der Waals surface area (Å²) >= 11 is 0. The fourth-order valence-electron chi connectivity index (χ4n) is 4.17. The molecule has 0 saturated carbocycles. The minimum absolute atomic E-state index is 0.0808. The molecule has 3 rings (SSSR count). The Hall–Kier alpha value is -3.34. The van der Waals surface area contributed by atoms with Gasteiger partial charge < -0.3 is 25.8 Å². The van der Waals surface area contributed by atoms with Crippen LogP contribution < -0.4 is 16.0 Å². The second-order valence-electron chi connectivity index (χ2n) is 10.1. The highest BCUT2D eigenvalue weighted by Gasteiger charge is 2.34. The number of halogens is 3. The van der Waals surface area contributed by atoms with E-state index in [0.29, 0.717) is 26.1 Å². The number of fused-ring (bicyclic) bond motifs is 1. The summed E-state index contributed by atoms with van der Waals surface area (Å²) in [6.07, 6.45) is -2.64. The molecule has 3 amide bonds. The Bertz CT molecular complexity index is 1100. The van der Waals surface area contributed by atoms with Crippen LogP contribution in [-0.4, -0.2) is 65.5 Å². The van der Waals surface area contributed by atoms with Crippen molar-refractivity contribution in [2.45, 2.75) is 52.0 Å².